The average Bonchev–Trinajstić information content (AvgIpc) is 2.82. The molecule has 0 amide bonds. The second kappa shape index (κ2) is 10.7. The van der Waals surface area contributed by atoms with Crippen molar-refractivity contribution in [2.45, 2.75) is 16.2 Å². The van der Waals surface area contributed by atoms with Gasteiger partial charge in [0.1, 0.15) is 0 Å². The van der Waals surface area contributed by atoms with Crippen LogP contribution in [0, 0.1) is 5.92 Å². The minimum atomic E-state index is -3.98. The first-order valence-corrected chi connectivity index (χ1v) is 12.7. The third-order valence-electron chi connectivity index (χ3n) is 4.72. The molecule has 0 fully saturated rings. The van der Waals surface area contributed by atoms with E-state index in [1.165, 1.54) is 24.3 Å². The van der Waals surface area contributed by atoms with Gasteiger partial charge in [-0.25, -0.2) is 0 Å². The minimum Gasteiger partial charge on any atom is -0.266 e. The Hall–Kier alpha value is -2.78. The first kappa shape index (κ1) is 23.9. The number of rotatable bonds is 11. The number of hydrogen-bond donors (Lipinski definition) is 0. The molecule has 0 spiro atoms. The van der Waals surface area contributed by atoms with Crippen molar-refractivity contribution in [3.8, 4) is 0 Å². The monoisotopic (exact) mass is 472 g/mol. The van der Waals surface area contributed by atoms with Crippen LogP contribution in [-0.2, 0) is 35.0 Å². The van der Waals surface area contributed by atoms with E-state index in [1.807, 2.05) is 24.3 Å². The van der Waals surface area contributed by atoms with Gasteiger partial charge < -0.3 is 0 Å². The fraction of sp³-hybridized carbons (Fsp3) is 0.167. The predicted octanol–water partition coefficient (Wildman–Crippen LogP) is 4.30. The largest absolute Gasteiger partial charge is 0.296 e. The smallest absolute Gasteiger partial charge is 0.266 e. The van der Waals surface area contributed by atoms with Crippen molar-refractivity contribution < 1.29 is 25.2 Å². The van der Waals surface area contributed by atoms with Crippen LogP contribution in [0.15, 0.2) is 101 Å². The van der Waals surface area contributed by atoms with Crippen LogP contribution in [0.5, 0.6) is 0 Å². The molecule has 0 atom stereocenters. The highest BCUT2D eigenvalue weighted by atomic mass is 32.2. The van der Waals surface area contributed by atoms with E-state index in [0.717, 1.165) is 11.1 Å². The fourth-order valence-corrected chi connectivity index (χ4v) is 4.97. The van der Waals surface area contributed by atoms with Gasteiger partial charge in [0, 0.05) is 5.92 Å². The Labute approximate surface area is 189 Å². The van der Waals surface area contributed by atoms with Gasteiger partial charge in [-0.05, 0) is 41.8 Å². The third-order valence-corrected chi connectivity index (χ3v) is 7.31. The molecule has 0 heterocycles. The highest BCUT2D eigenvalue weighted by Crippen LogP contribution is 2.19. The molecule has 168 valence electrons. The molecule has 0 unspecified atom stereocenters. The maximum Gasteiger partial charge on any atom is 0.296 e. The van der Waals surface area contributed by atoms with Crippen LogP contribution in [0.3, 0.4) is 0 Å². The Balaban J connectivity index is 1.75. The lowest BCUT2D eigenvalue weighted by molar-refractivity contribution is 0.183. The van der Waals surface area contributed by atoms with Gasteiger partial charge in [0.05, 0.1) is 23.0 Å². The Morgan fingerprint density at radius 1 is 0.688 bits per heavy atom. The molecule has 0 saturated carbocycles. The zero-order valence-corrected chi connectivity index (χ0v) is 19.0. The highest BCUT2D eigenvalue weighted by Gasteiger charge is 2.22. The molecule has 0 aliphatic carbocycles. The maximum absolute atomic E-state index is 12.5. The van der Waals surface area contributed by atoms with Gasteiger partial charge in [-0.3, -0.25) is 8.37 Å². The van der Waals surface area contributed by atoms with Crippen molar-refractivity contribution in [3.05, 3.63) is 103 Å². The summed E-state index contributed by atoms with van der Waals surface area (Å²) in [5, 5.41) is 0. The topological polar surface area (TPSA) is 86.7 Å². The second-order valence-electron chi connectivity index (χ2n) is 7.12. The molecule has 6 nitrogen and oxygen atoms in total. The minimum absolute atomic E-state index is 0.0342. The lowest BCUT2D eigenvalue weighted by Crippen LogP contribution is -2.23. The molecule has 3 aromatic rings. The van der Waals surface area contributed by atoms with Crippen LogP contribution in [0.1, 0.15) is 11.1 Å². The lowest BCUT2D eigenvalue weighted by atomic mass is 10.00. The summed E-state index contributed by atoms with van der Waals surface area (Å²) in [6.45, 7) is 3.26. The molecule has 32 heavy (non-hydrogen) atoms. The maximum atomic E-state index is 12.5. The molecule has 0 aliphatic rings. The van der Waals surface area contributed by atoms with Crippen LogP contribution in [-0.4, -0.2) is 30.0 Å². The fourth-order valence-electron chi connectivity index (χ4n) is 2.97. The Kier molecular flexibility index (Phi) is 7.98. The summed E-state index contributed by atoms with van der Waals surface area (Å²) in [4.78, 5) is 0.0684. The Morgan fingerprint density at radius 2 is 1.12 bits per heavy atom. The van der Waals surface area contributed by atoms with Crippen molar-refractivity contribution in [3.63, 3.8) is 0 Å². The second-order valence-corrected chi connectivity index (χ2v) is 10.3. The predicted molar refractivity (Wildman–Crippen MR) is 123 cm³/mol. The number of benzene rings is 3. The van der Waals surface area contributed by atoms with E-state index in [-0.39, 0.29) is 23.0 Å². The average molecular weight is 473 g/mol. The Bertz CT molecular complexity index is 1150. The molecule has 0 aliphatic heterocycles. The molecule has 8 heteroatoms. The van der Waals surface area contributed by atoms with Crippen molar-refractivity contribution in [2.75, 3.05) is 13.2 Å². The number of hydrogen-bond acceptors (Lipinski definition) is 6. The third kappa shape index (κ3) is 6.61. The van der Waals surface area contributed by atoms with Gasteiger partial charge in [-0.15, -0.1) is 0 Å². The summed E-state index contributed by atoms with van der Waals surface area (Å²) in [5.74, 6) is -0.526. The van der Waals surface area contributed by atoms with Crippen LogP contribution in [0.2, 0.25) is 0 Å². The summed E-state index contributed by atoms with van der Waals surface area (Å²) in [5.41, 5.74) is 1.83. The highest BCUT2D eigenvalue weighted by molar-refractivity contribution is 7.87. The summed E-state index contributed by atoms with van der Waals surface area (Å²) in [7, 11) is -7.97. The normalized spacial score (nSPS) is 12.0. The standard InChI is InChI=1S/C24H24O6S2/c1-2-20-13-15-21(16-14-20)17-22(18-29-31(25,26)23-9-5-3-6-10-23)19-30-32(27,28)24-11-7-4-8-12-24/h2-16,22H,1,17-19H2. The van der Waals surface area contributed by atoms with Crippen LogP contribution in [0.4, 0.5) is 0 Å². The van der Waals surface area contributed by atoms with Gasteiger partial charge in [-0.1, -0.05) is 73.3 Å². The van der Waals surface area contributed by atoms with Crippen molar-refractivity contribution in [1.82, 2.24) is 0 Å². The Morgan fingerprint density at radius 3 is 1.53 bits per heavy atom. The molecular weight excluding hydrogens is 448 g/mol. The summed E-state index contributed by atoms with van der Waals surface area (Å²) >= 11 is 0. The summed E-state index contributed by atoms with van der Waals surface area (Å²) in [6, 6.07) is 23.1. The molecule has 0 radical (unpaired) electrons. The molecule has 0 bridgehead atoms. The van der Waals surface area contributed by atoms with Gasteiger partial charge in [0.15, 0.2) is 0 Å². The van der Waals surface area contributed by atoms with Gasteiger partial charge >= 0.3 is 0 Å². The van der Waals surface area contributed by atoms with Crippen molar-refractivity contribution in [2.24, 2.45) is 5.92 Å². The van der Waals surface area contributed by atoms with Gasteiger partial charge in [0.2, 0.25) is 0 Å². The van der Waals surface area contributed by atoms with E-state index in [9.17, 15) is 16.8 Å². The van der Waals surface area contributed by atoms with Crippen molar-refractivity contribution in [1.29, 1.82) is 0 Å². The van der Waals surface area contributed by atoms with E-state index in [4.69, 9.17) is 8.37 Å². The molecule has 3 aromatic carbocycles. The zero-order chi connectivity index (χ0) is 23.0. The SMILES string of the molecule is C=Cc1ccc(CC(COS(=O)(=O)c2ccccc2)COS(=O)(=O)c2ccccc2)cc1. The lowest BCUT2D eigenvalue weighted by Gasteiger charge is -2.17. The van der Waals surface area contributed by atoms with Crippen LogP contribution >= 0.6 is 0 Å². The molecule has 0 aromatic heterocycles. The quantitative estimate of drug-likeness (QED) is 0.387. The first-order valence-electron chi connectivity index (χ1n) is 9.90. The van der Waals surface area contributed by atoms with Crippen LogP contribution < -0.4 is 0 Å². The van der Waals surface area contributed by atoms with E-state index < -0.39 is 26.2 Å². The van der Waals surface area contributed by atoms with E-state index in [1.54, 1.807) is 42.5 Å². The van der Waals surface area contributed by atoms with Crippen molar-refractivity contribution >= 4 is 26.3 Å². The molecule has 0 N–H and O–H groups in total. The van der Waals surface area contributed by atoms with E-state index in [2.05, 4.69) is 6.58 Å². The van der Waals surface area contributed by atoms with Gasteiger partial charge in [0.25, 0.3) is 20.2 Å². The van der Waals surface area contributed by atoms with Crippen LogP contribution in [0.25, 0.3) is 6.08 Å². The van der Waals surface area contributed by atoms with Gasteiger partial charge in [-0.2, -0.15) is 16.8 Å². The molecule has 0 saturated heterocycles. The zero-order valence-electron chi connectivity index (χ0n) is 17.3. The summed E-state index contributed by atoms with van der Waals surface area (Å²) in [6.07, 6.45) is 2.08. The molecular formula is C24H24O6S2. The van der Waals surface area contributed by atoms with E-state index in [0.29, 0.717) is 6.42 Å². The molecule has 3 rings (SSSR count). The summed E-state index contributed by atoms with van der Waals surface area (Å²) < 4.78 is 60.5. The first-order chi connectivity index (χ1) is 15.3. The van der Waals surface area contributed by atoms with E-state index >= 15 is 0 Å².